The number of H-pyrrole nitrogens is 1. The zero-order valence-corrected chi connectivity index (χ0v) is 20.1. The molecular weight excluding hydrogens is 457 g/mol. The molecule has 3 aromatic rings. The van der Waals surface area contributed by atoms with E-state index in [0.717, 1.165) is 35.1 Å². The Morgan fingerprint density at radius 1 is 1.09 bits per heavy atom. The van der Waals surface area contributed by atoms with Gasteiger partial charge in [-0.05, 0) is 74.2 Å². The Morgan fingerprint density at radius 3 is 2.50 bits per heavy atom. The molecule has 2 heterocycles. The molecular formula is C25H28FN3O4S. The van der Waals surface area contributed by atoms with Gasteiger partial charge in [-0.25, -0.2) is 12.8 Å². The Hall–Kier alpha value is -3.04. The van der Waals surface area contributed by atoms with Gasteiger partial charge in [-0.2, -0.15) is 4.31 Å². The first-order chi connectivity index (χ1) is 16.1. The Kier molecular flexibility index (Phi) is 6.86. The number of carbonyl (C=O) groups is 1. The van der Waals surface area contributed by atoms with Gasteiger partial charge in [0, 0.05) is 49.1 Å². The number of pyridine rings is 1. The fourth-order valence-electron chi connectivity index (χ4n) is 4.44. The molecule has 1 N–H and O–H groups in total. The molecule has 1 aliphatic rings. The van der Waals surface area contributed by atoms with Crippen molar-refractivity contribution in [2.45, 2.75) is 44.6 Å². The first-order valence-corrected chi connectivity index (χ1v) is 12.8. The standard InChI is InChI=1S/C25H28FN3O4S/c1-17-13-18(2)22-15-19(25(31)27-23(22)14-17)16-29(12-4-11-28-10-3-5-24(28)30)34(32,33)21-8-6-20(26)7-9-21/h6-9,13-15H,3-5,10-12,16H2,1-2H3,(H,27,31). The highest BCUT2D eigenvalue weighted by Crippen LogP contribution is 2.22. The smallest absolute Gasteiger partial charge is 0.252 e. The minimum atomic E-state index is -4.00. The third-order valence-corrected chi connectivity index (χ3v) is 8.05. The molecule has 0 unspecified atom stereocenters. The Bertz CT molecular complexity index is 1380. The first kappa shape index (κ1) is 24.1. The van der Waals surface area contributed by atoms with E-state index in [-0.39, 0.29) is 29.5 Å². The van der Waals surface area contributed by atoms with Crippen LogP contribution in [0, 0.1) is 19.7 Å². The number of rotatable bonds is 8. The monoisotopic (exact) mass is 485 g/mol. The summed E-state index contributed by atoms with van der Waals surface area (Å²) in [4.78, 5) is 29.3. The molecule has 1 aliphatic heterocycles. The van der Waals surface area contributed by atoms with Crippen LogP contribution in [0.25, 0.3) is 10.9 Å². The summed E-state index contributed by atoms with van der Waals surface area (Å²) in [6.07, 6.45) is 1.75. The predicted octanol–water partition coefficient (Wildman–Crippen LogP) is 3.49. The van der Waals surface area contributed by atoms with Crippen molar-refractivity contribution in [1.29, 1.82) is 0 Å². The van der Waals surface area contributed by atoms with Crippen molar-refractivity contribution in [3.8, 4) is 0 Å². The van der Waals surface area contributed by atoms with Gasteiger partial charge in [0.1, 0.15) is 5.82 Å². The van der Waals surface area contributed by atoms with E-state index >= 15 is 0 Å². The van der Waals surface area contributed by atoms with Crippen molar-refractivity contribution in [3.05, 3.63) is 75.3 Å². The van der Waals surface area contributed by atoms with Crippen LogP contribution in [0.15, 0.2) is 52.2 Å². The molecule has 180 valence electrons. The number of nitrogens with one attached hydrogen (secondary N) is 1. The van der Waals surface area contributed by atoms with E-state index in [2.05, 4.69) is 4.98 Å². The largest absolute Gasteiger partial charge is 0.343 e. The number of likely N-dealkylation sites (tertiary alicyclic amines) is 1. The molecule has 0 atom stereocenters. The van der Waals surface area contributed by atoms with Crippen molar-refractivity contribution < 1.29 is 17.6 Å². The quantitative estimate of drug-likeness (QED) is 0.529. The zero-order valence-electron chi connectivity index (χ0n) is 19.3. The van der Waals surface area contributed by atoms with Crippen LogP contribution in [0.4, 0.5) is 4.39 Å². The number of aryl methyl sites for hydroxylation is 2. The molecule has 1 amide bonds. The van der Waals surface area contributed by atoms with Crippen LogP contribution in [0.3, 0.4) is 0 Å². The van der Waals surface area contributed by atoms with Gasteiger partial charge < -0.3 is 9.88 Å². The van der Waals surface area contributed by atoms with Crippen LogP contribution >= 0.6 is 0 Å². The number of benzene rings is 2. The lowest BCUT2D eigenvalue weighted by atomic mass is 10.0. The lowest BCUT2D eigenvalue weighted by molar-refractivity contribution is -0.127. The normalized spacial score (nSPS) is 14.5. The molecule has 9 heteroatoms. The molecule has 0 aliphatic carbocycles. The molecule has 4 rings (SSSR count). The van der Waals surface area contributed by atoms with Crippen LogP contribution < -0.4 is 5.56 Å². The Morgan fingerprint density at radius 2 is 1.82 bits per heavy atom. The van der Waals surface area contributed by atoms with Gasteiger partial charge >= 0.3 is 0 Å². The fraction of sp³-hybridized carbons (Fsp3) is 0.360. The highest BCUT2D eigenvalue weighted by Gasteiger charge is 2.27. The van der Waals surface area contributed by atoms with Gasteiger partial charge in [0.15, 0.2) is 0 Å². The Labute approximate surface area is 198 Å². The minimum Gasteiger partial charge on any atom is -0.343 e. The van der Waals surface area contributed by atoms with E-state index in [9.17, 15) is 22.4 Å². The number of nitrogens with zero attached hydrogens (tertiary/aromatic N) is 2. The maximum atomic E-state index is 13.4. The average Bonchev–Trinajstić information content (AvgIpc) is 3.18. The van der Waals surface area contributed by atoms with Crippen LogP contribution in [0.2, 0.25) is 0 Å². The second-order valence-corrected chi connectivity index (χ2v) is 10.7. The second kappa shape index (κ2) is 9.68. The van der Waals surface area contributed by atoms with Crippen molar-refractivity contribution in [2.24, 2.45) is 0 Å². The molecule has 0 radical (unpaired) electrons. The number of fused-ring (bicyclic) bond motifs is 1. The van der Waals surface area contributed by atoms with Gasteiger partial charge in [0.2, 0.25) is 15.9 Å². The van der Waals surface area contributed by atoms with E-state index in [1.54, 1.807) is 11.0 Å². The van der Waals surface area contributed by atoms with E-state index in [4.69, 9.17) is 0 Å². The van der Waals surface area contributed by atoms with E-state index in [0.29, 0.717) is 37.0 Å². The summed E-state index contributed by atoms with van der Waals surface area (Å²) in [5, 5.41) is 0.849. The van der Waals surface area contributed by atoms with Gasteiger partial charge in [-0.15, -0.1) is 0 Å². The lowest BCUT2D eigenvalue weighted by Gasteiger charge is -2.24. The van der Waals surface area contributed by atoms with Crippen LogP contribution in [-0.4, -0.2) is 48.1 Å². The minimum absolute atomic E-state index is 0.0461. The van der Waals surface area contributed by atoms with Crippen molar-refractivity contribution >= 4 is 26.8 Å². The molecule has 1 saturated heterocycles. The second-order valence-electron chi connectivity index (χ2n) is 8.80. The van der Waals surface area contributed by atoms with Crippen LogP contribution in [0.1, 0.15) is 36.0 Å². The molecule has 0 spiro atoms. The molecule has 1 fully saturated rings. The zero-order chi connectivity index (χ0) is 24.5. The SMILES string of the molecule is Cc1cc(C)c2cc(CN(CCCN3CCCC3=O)S(=O)(=O)c3ccc(F)cc3)c(=O)[nH]c2c1. The number of aromatic amines is 1. The van der Waals surface area contributed by atoms with Crippen molar-refractivity contribution in [3.63, 3.8) is 0 Å². The van der Waals surface area contributed by atoms with Crippen molar-refractivity contribution in [2.75, 3.05) is 19.6 Å². The summed E-state index contributed by atoms with van der Waals surface area (Å²) in [6.45, 7) is 4.99. The number of carbonyl (C=O) groups excluding carboxylic acids is 1. The summed E-state index contributed by atoms with van der Waals surface area (Å²) in [5.41, 5.74) is 2.67. The Balaban J connectivity index is 1.66. The number of hydrogen-bond acceptors (Lipinski definition) is 4. The molecule has 7 nitrogen and oxygen atoms in total. The molecule has 0 bridgehead atoms. The lowest BCUT2D eigenvalue weighted by Crippen LogP contribution is -2.36. The van der Waals surface area contributed by atoms with Crippen molar-refractivity contribution in [1.82, 2.24) is 14.2 Å². The fourth-order valence-corrected chi connectivity index (χ4v) is 5.90. The summed E-state index contributed by atoms with van der Waals surface area (Å²) in [7, 11) is -4.00. The topological polar surface area (TPSA) is 90.6 Å². The number of aromatic nitrogens is 1. The third kappa shape index (κ3) is 5.05. The van der Waals surface area contributed by atoms with E-state index < -0.39 is 15.8 Å². The van der Waals surface area contributed by atoms with Crippen LogP contribution in [0.5, 0.6) is 0 Å². The first-order valence-electron chi connectivity index (χ1n) is 11.3. The molecule has 34 heavy (non-hydrogen) atoms. The molecule has 0 saturated carbocycles. The number of halogens is 1. The maximum Gasteiger partial charge on any atom is 0.252 e. The van der Waals surface area contributed by atoms with Gasteiger partial charge in [0.25, 0.3) is 5.56 Å². The average molecular weight is 486 g/mol. The van der Waals surface area contributed by atoms with Gasteiger partial charge in [-0.3, -0.25) is 9.59 Å². The predicted molar refractivity (Wildman–Crippen MR) is 128 cm³/mol. The molecule has 1 aromatic heterocycles. The van der Waals surface area contributed by atoms with Gasteiger partial charge in [0.05, 0.1) is 4.90 Å². The van der Waals surface area contributed by atoms with Gasteiger partial charge in [-0.1, -0.05) is 6.07 Å². The summed E-state index contributed by atoms with van der Waals surface area (Å²) >= 11 is 0. The maximum absolute atomic E-state index is 13.4. The highest BCUT2D eigenvalue weighted by molar-refractivity contribution is 7.89. The van der Waals surface area contributed by atoms with Crippen LogP contribution in [-0.2, 0) is 21.4 Å². The number of amides is 1. The van der Waals surface area contributed by atoms with E-state index in [1.165, 1.54) is 16.4 Å². The number of sulfonamides is 1. The van der Waals surface area contributed by atoms with E-state index in [1.807, 2.05) is 26.0 Å². The summed E-state index contributed by atoms with van der Waals surface area (Å²) in [5.74, 6) is -0.459. The third-order valence-electron chi connectivity index (χ3n) is 6.19. The summed E-state index contributed by atoms with van der Waals surface area (Å²) in [6, 6.07) is 10.3. The molecule has 2 aromatic carbocycles. The number of hydrogen-bond donors (Lipinski definition) is 1. The summed E-state index contributed by atoms with van der Waals surface area (Å²) < 4.78 is 41.5. The highest BCUT2D eigenvalue weighted by atomic mass is 32.2.